The fourth-order valence-electron chi connectivity index (χ4n) is 5.42. The van der Waals surface area contributed by atoms with Gasteiger partial charge < -0.3 is 0 Å². The highest BCUT2D eigenvalue weighted by molar-refractivity contribution is 6.08. The molecule has 3 aliphatic rings. The number of hydrogen-bond acceptors (Lipinski definition) is 3. The smallest absolute Gasteiger partial charge is 0.257 e. The first kappa shape index (κ1) is 21.1. The van der Waals surface area contributed by atoms with Gasteiger partial charge in [-0.2, -0.15) is 5.10 Å². The molecule has 1 saturated carbocycles. The molecule has 0 unspecified atom stereocenters. The second kappa shape index (κ2) is 9.41. The van der Waals surface area contributed by atoms with E-state index in [1.54, 1.807) is 0 Å². The van der Waals surface area contributed by atoms with Gasteiger partial charge in [0.15, 0.2) is 0 Å². The Balaban J connectivity index is 1.45. The second-order valence-corrected chi connectivity index (χ2v) is 9.62. The van der Waals surface area contributed by atoms with E-state index >= 15 is 0 Å². The maximum Gasteiger partial charge on any atom is 0.257 e. The summed E-state index contributed by atoms with van der Waals surface area (Å²) in [4.78, 5) is 15.9. The molecule has 0 aromatic heterocycles. The van der Waals surface area contributed by atoms with Crippen LogP contribution in [0, 0.1) is 11.8 Å². The molecule has 1 aliphatic carbocycles. The first-order valence-corrected chi connectivity index (χ1v) is 12.1. The van der Waals surface area contributed by atoms with Gasteiger partial charge in [-0.05, 0) is 73.9 Å². The van der Waals surface area contributed by atoms with Gasteiger partial charge in [-0.3, -0.25) is 9.69 Å². The minimum atomic E-state index is 0.00175. The van der Waals surface area contributed by atoms with Gasteiger partial charge in [0.1, 0.15) is 0 Å². The van der Waals surface area contributed by atoms with Crippen LogP contribution in [0.4, 0.5) is 0 Å². The van der Waals surface area contributed by atoms with Gasteiger partial charge in [-0.15, -0.1) is 0 Å². The number of hydrazone groups is 1. The Morgan fingerprint density at radius 3 is 2.41 bits per heavy atom. The molecule has 32 heavy (non-hydrogen) atoms. The third-order valence-corrected chi connectivity index (χ3v) is 7.27. The lowest BCUT2D eigenvalue weighted by atomic mass is 9.77. The summed E-state index contributed by atoms with van der Waals surface area (Å²) in [5, 5.41) is 6.86. The van der Waals surface area contributed by atoms with Crippen molar-refractivity contribution in [3.8, 4) is 0 Å². The van der Waals surface area contributed by atoms with Gasteiger partial charge in [0.25, 0.3) is 5.91 Å². The Hall–Kier alpha value is -2.72. The molecule has 0 radical (unpaired) electrons. The van der Waals surface area contributed by atoms with Crippen LogP contribution in [0.15, 0.2) is 71.3 Å². The van der Waals surface area contributed by atoms with Gasteiger partial charge in [0, 0.05) is 5.92 Å². The molecule has 1 amide bonds. The Morgan fingerprint density at radius 1 is 1.00 bits per heavy atom. The molecule has 0 spiro atoms. The van der Waals surface area contributed by atoms with E-state index in [0.717, 1.165) is 44.0 Å². The largest absolute Gasteiger partial charge is 0.294 e. The zero-order chi connectivity index (χ0) is 21.9. The lowest BCUT2D eigenvalue weighted by Gasteiger charge is -2.33. The van der Waals surface area contributed by atoms with Crippen LogP contribution in [-0.4, -0.2) is 41.2 Å². The molecular formula is C28H33N3O. The van der Waals surface area contributed by atoms with E-state index < -0.39 is 0 Å². The quantitative estimate of drug-likeness (QED) is 0.642. The summed E-state index contributed by atoms with van der Waals surface area (Å²) in [6.45, 7) is 4.80. The highest BCUT2D eigenvalue weighted by atomic mass is 16.2. The number of allylic oxidation sites excluding steroid dienone is 1. The van der Waals surface area contributed by atoms with E-state index in [9.17, 15) is 4.79 Å². The number of amides is 1. The summed E-state index contributed by atoms with van der Waals surface area (Å²) >= 11 is 0. The molecule has 0 bridgehead atoms. The van der Waals surface area contributed by atoms with Gasteiger partial charge in [0.2, 0.25) is 0 Å². The lowest BCUT2D eigenvalue weighted by Crippen LogP contribution is -2.42. The summed E-state index contributed by atoms with van der Waals surface area (Å²) in [7, 11) is 0. The van der Waals surface area contributed by atoms with E-state index in [-0.39, 0.29) is 17.9 Å². The minimum Gasteiger partial charge on any atom is -0.294 e. The molecule has 0 N–H and O–H groups in total. The summed E-state index contributed by atoms with van der Waals surface area (Å²) < 4.78 is 0. The number of piperidine rings is 1. The van der Waals surface area contributed by atoms with Crippen LogP contribution < -0.4 is 0 Å². The minimum absolute atomic E-state index is 0.00175. The third kappa shape index (κ3) is 4.42. The standard InChI is InChI=1S/C28H33N3O/c1-21-15-17-30(18-16-21)20-26(32)31-28(23-11-6-3-7-12-23)25-14-8-13-24(27(25)29-31)19-22-9-4-2-5-10-22/h2-7,9-12,19,21,25,28H,8,13-18,20H2,1H3/b24-19+/t25-,28-/m1/s1. The van der Waals surface area contributed by atoms with Crippen LogP contribution in [0.3, 0.4) is 0 Å². The van der Waals surface area contributed by atoms with Crippen molar-refractivity contribution < 1.29 is 4.79 Å². The monoisotopic (exact) mass is 427 g/mol. The molecule has 2 heterocycles. The van der Waals surface area contributed by atoms with Crippen molar-refractivity contribution in [2.75, 3.05) is 19.6 Å². The van der Waals surface area contributed by atoms with Crippen molar-refractivity contribution in [1.82, 2.24) is 9.91 Å². The number of rotatable bonds is 4. The highest BCUT2D eigenvalue weighted by Gasteiger charge is 2.43. The summed E-state index contributed by atoms with van der Waals surface area (Å²) in [5.41, 5.74) is 4.80. The zero-order valence-electron chi connectivity index (χ0n) is 19.0. The molecule has 2 fully saturated rings. The molecule has 1 saturated heterocycles. The van der Waals surface area contributed by atoms with E-state index in [1.807, 2.05) is 17.1 Å². The predicted molar refractivity (Wildman–Crippen MR) is 130 cm³/mol. The van der Waals surface area contributed by atoms with Crippen LogP contribution in [0.5, 0.6) is 0 Å². The fraction of sp³-hybridized carbons (Fsp3) is 0.429. The number of hydrogen-bond donors (Lipinski definition) is 0. The molecule has 4 nitrogen and oxygen atoms in total. The van der Waals surface area contributed by atoms with E-state index in [1.165, 1.54) is 29.5 Å². The zero-order valence-corrected chi connectivity index (χ0v) is 19.0. The highest BCUT2D eigenvalue weighted by Crippen LogP contribution is 2.44. The number of fused-ring (bicyclic) bond motifs is 1. The average molecular weight is 428 g/mol. The SMILES string of the molecule is CC1CCN(CC(=O)N2N=C3/C(=C/c4ccccc4)CCC[C@H]3[C@H]2c2ccccc2)CC1. The summed E-state index contributed by atoms with van der Waals surface area (Å²) in [5.74, 6) is 1.17. The third-order valence-electron chi connectivity index (χ3n) is 7.27. The molecule has 4 heteroatoms. The Labute approximate surface area is 191 Å². The van der Waals surface area contributed by atoms with Crippen LogP contribution in [0.25, 0.3) is 6.08 Å². The Morgan fingerprint density at radius 2 is 1.69 bits per heavy atom. The van der Waals surface area contributed by atoms with Crippen molar-refractivity contribution in [2.45, 2.75) is 45.1 Å². The summed E-state index contributed by atoms with van der Waals surface area (Å²) in [6.07, 6.45) is 7.87. The topological polar surface area (TPSA) is 35.9 Å². The second-order valence-electron chi connectivity index (χ2n) is 9.62. The number of carbonyl (C=O) groups is 1. The first-order valence-electron chi connectivity index (χ1n) is 12.1. The van der Waals surface area contributed by atoms with E-state index in [0.29, 0.717) is 6.54 Å². The Kier molecular flexibility index (Phi) is 6.22. The van der Waals surface area contributed by atoms with Gasteiger partial charge in [-0.25, -0.2) is 5.01 Å². The van der Waals surface area contributed by atoms with Crippen LogP contribution in [0.2, 0.25) is 0 Å². The van der Waals surface area contributed by atoms with E-state index in [2.05, 4.69) is 66.4 Å². The molecule has 5 rings (SSSR count). The number of benzene rings is 2. The van der Waals surface area contributed by atoms with Crippen molar-refractivity contribution in [2.24, 2.45) is 16.9 Å². The van der Waals surface area contributed by atoms with Crippen LogP contribution in [0.1, 0.15) is 56.2 Å². The molecular weight excluding hydrogens is 394 g/mol. The normalized spacial score (nSPS) is 25.6. The molecule has 2 aliphatic heterocycles. The molecule has 2 aromatic carbocycles. The maximum atomic E-state index is 13.5. The Bertz CT molecular complexity index is 990. The molecule has 2 aromatic rings. The van der Waals surface area contributed by atoms with Crippen molar-refractivity contribution in [1.29, 1.82) is 0 Å². The molecule has 2 atom stereocenters. The lowest BCUT2D eigenvalue weighted by molar-refractivity contribution is -0.135. The van der Waals surface area contributed by atoms with Gasteiger partial charge in [-0.1, -0.05) is 67.6 Å². The van der Waals surface area contributed by atoms with Crippen LogP contribution in [-0.2, 0) is 4.79 Å². The fourth-order valence-corrected chi connectivity index (χ4v) is 5.42. The summed E-state index contributed by atoms with van der Waals surface area (Å²) in [6, 6.07) is 21.0. The van der Waals surface area contributed by atoms with Gasteiger partial charge >= 0.3 is 0 Å². The van der Waals surface area contributed by atoms with Crippen molar-refractivity contribution in [3.05, 3.63) is 77.4 Å². The number of likely N-dealkylation sites (tertiary alicyclic amines) is 1. The maximum absolute atomic E-state index is 13.5. The van der Waals surface area contributed by atoms with Crippen molar-refractivity contribution in [3.63, 3.8) is 0 Å². The van der Waals surface area contributed by atoms with Gasteiger partial charge in [0.05, 0.1) is 18.3 Å². The predicted octanol–water partition coefficient (Wildman–Crippen LogP) is 5.54. The first-order chi connectivity index (χ1) is 15.7. The number of carbonyl (C=O) groups excluding carboxylic acids is 1. The average Bonchev–Trinajstić information content (AvgIpc) is 3.23. The van der Waals surface area contributed by atoms with Crippen LogP contribution >= 0.6 is 0 Å². The molecule has 166 valence electrons. The van der Waals surface area contributed by atoms with E-state index in [4.69, 9.17) is 5.10 Å². The number of nitrogens with zero attached hydrogens (tertiary/aromatic N) is 3. The van der Waals surface area contributed by atoms with Crippen molar-refractivity contribution >= 4 is 17.7 Å².